The fourth-order valence-corrected chi connectivity index (χ4v) is 3.95. The van der Waals surface area contributed by atoms with Gasteiger partial charge in [-0.1, -0.05) is 30.3 Å². The van der Waals surface area contributed by atoms with Crippen molar-refractivity contribution in [2.24, 2.45) is 0 Å². The number of nitrogens with one attached hydrogen (secondary N) is 2. The molecule has 4 aromatic rings. The molecule has 0 saturated carbocycles. The Balaban J connectivity index is 1.78. The molecule has 0 saturated heterocycles. The number of hydrogen-bond acceptors (Lipinski definition) is 4. The van der Waals surface area contributed by atoms with Gasteiger partial charge in [0.05, 0.1) is 20.3 Å². The van der Waals surface area contributed by atoms with E-state index < -0.39 is 6.36 Å². The van der Waals surface area contributed by atoms with Gasteiger partial charge in [-0.25, -0.2) is 0 Å². The number of alkyl halides is 3. The van der Waals surface area contributed by atoms with Crippen molar-refractivity contribution in [1.82, 2.24) is 4.98 Å². The van der Waals surface area contributed by atoms with E-state index in [0.717, 1.165) is 33.4 Å². The minimum absolute atomic E-state index is 0.272. The van der Waals surface area contributed by atoms with E-state index in [1.54, 1.807) is 32.4 Å². The summed E-state index contributed by atoms with van der Waals surface area (Å²) in [7, 11) is 3.12. The van der Waals surface area contributed by atoms with Crippen LogP contribution in [0.4, 0.5) is 18.9 Å². The van der Waals surface area contributed by atoms with Crippen LogP contribution >= 0.6 is 0 Å². The van der Waals surface area contributed by atoms with Crippen molar-refractivity contribution in [1.29, 1.82) is 0 Å². The number of aromatic nitrogens is 1. The molecule has 8 heteroatoms. The smallest absolute Gasteiger partial charge is 0.493 e. The van der Waals surface area contributed by atoms with Crippen LogP contribution in [0.25, 0.3) is 10.9 Å². The number of halogens is 3. The summed E-state index contributed by atoms with van der Waals surface area (Å²) in [4.78, 5) is 3.39. The van der Waals surface area contributed by atoms with Crippen LogP contribution in [0.15, 0.2) is 66.7 Å². The first kappa shape index (κ1) is 22.4. The van der Waals surface area contributed by atoms with E-state index in [2.05, 4.69) is 15.0 Å². The summed E-state index contributed by atoms with van der Waals surface area (Å²) in [6, 6.07) is 18.9. The lowest BCUT2D eigenvalue weighted by Gasteiger charge is -2.23. The zero-order valence-corrected chi connectivity index (χ0v) is 18.3. The summed E-state index contributed by atoms with van der Waals surface area (Å²) in [6.07, 6.45) is -4.74. The minimum atomic E-state index is -4.74. The second-order valence-corrected chi connectivity index (χ2v) is 7.47. The Labute approximate surface area is 189 Å². The first-order valence-electron chi connectivity index (χ1n) is 10.2. The van der Waals surface area contributed by atoms with Crippen molar-refractivity contribution < 1.29 is 27.4 Å². The number of rotatable bonds is 7. The molecule has 33 heavy (non-hydrogen) atoms. The summed E-state index contributed by atoms with van der Waals surface area (Å²) >= 11 is 0. The Morgan fingerprint density at radius 3 is 2.24 bits per heavy atom. The number of aromatic amines is 1. The van der Waals surface area contributed by atoms with Gasteiger partial charge in [0, 0.05) is 33.9 Å². The van der Waals surface area contributed by atoms with Gasteiger partial charge in [0.1, 0.15) is 5.75 Å². The highest BCUT2D eigenvalue weighted by Gasteiger charge is 2.31. The van der Waals surface area contributed by atoms with E-state index in [0.29, 0.717) is 11.5 Å². The Kier molecular flexibility index (Phi) is 6.09. The van der Waals surface area contributed by atoms with E-state index >= 15 is 0 Å². The first-order valence-corrected chi connectivity index (χ1v) is 10.2. The van der Waals surface area contributed by atoms with E-state index in [4.69, 9.17) is 9.47 Å². The van der Waals surface area contributed by atoms with Gasteiger partial charge in [-0.2, -0.15) is 0 Å². The molecule has 4 rings (SSSR count). The summed E-state index contributed by atoms with van der Waals surface area (Å²) in [5.74, 6) is 0.883. The number of para-hydroxylation sites is 1. The predicted octanol–water partition coefficient (Wildman–Crippen LogP) is 6.59. The second kappa shape index (κ2) is 8.97. The predicted molar refractivity (Wildman–Crippen MR) is 121 cm³/mol. The maximum atomic E-state index is 12.6. The van der Waals surface area contributed by atoms with Gasteiger partial charge in [0.2, 0.25) is 0 Å². The van der Waals surface area contributed by atoms with Gasteiger partial charge in [-0.05, 0) is 42.8 Å². The third-order valence-electron chi connectivity index (χ3n) is 5.37. The normalized spacial score (nSPS) is 12.4. The number of aryl methyl sites for hydroxylation is 1. The van der Waals surface area contributed by atoms with E-state index in [1.807, 2.05) is 43.3 Å². The molecule has 0 radical (unpaired) electrons. The van der Waals surface area contributed by atoms with Crippen molar-refractivity contribution in [3.63, 3.8) is 0 Å². The van der Waals surface area contributed by atoms with Crippen molar-refractivity contribution >= 4 is 16.6 Å². The SMILES string of the molecule is COc1ccc(NC(c2ccc(OC(F)(F)F)cc2)c2c(C)[nH]c3ccccc23)cc1OC. The number of fused-ring (bicyclic) bond motifs is 1. The summed E-state index contributed by atoms with van der Waals surface area (Å²) in [5.41, 5.74) is 4.45. The van der Waals surface area contributed by atoms with Gasteiger partial charge < -0.3 is 24.5 Å². The number of benzene rings is 3. The third kappa shape index (κ3) is 4.84. The standard InChI is InChI=1S/C25H23F3N2O3/c1-15-23(19-6-4-5-7-20(19)29-15)24(16-8-11-18(12-9-16)33-25(26,27)28)30-17-10-13-21(31-2)22(14-17)32-3/h4-14,24,29-30H,1-3H3. The molecule has 1 unspecified atom stereocenters. The highest BCUT2D eigenvalue weighted by atomic mass is 19.4. The first-order chi connectivity index (χ1) is 15.8. The molecule has 0 spiro atoms. The third-order valence-corrected chi connectivity index (χ3v) is 5.37. The number of methoxy groups -OCH3 is 2. The van der Waals surface area contributed by atoms with Gasteiger partial charge in [-0.3, -0.25) is 0 Å². The zero-order chi connectivity index (χ0) is 23.6. The number of anilines is 1. The highest BCUT2D eigenvalue weighted by molar-refractivity contribution is 5.86. The molecule has 1 heterocycles. The maximum Gasteiger partial charge on any atom is 0.573 e. The van der Waals surface area contributed by atoms with E-state index in [1.165, 1.54) is 12.1 Å². The molecule has 5 nitrogen and oxygen atoms in total. The molecule has 2 N–H and O–H groups in total. The van der Waals surface area contributed by atoms with Gasteiger partial charge >= 0.3 is 6.36 Å². The molecular weight excluding hydrogens is 433 g/mol. The highest BCUT2D eigenvalue weighted by Crippen LogP contribution is 2.37. The van der Waals surface area contributed by atoms with Crippen LogP contribution in [0.1, 0.15) is 22.9 Å². The minimum Gasteiger partial charge on any atom is -0.493 e. The fraction of sp³-hybridized carbons (Fsp3) is 0.200. The Hall–Kier alpha value is -3.81. The van der Waals surface area contributed by atoms with Crippen molar-refractivity contribution in [2.45, 2.75) is 19.3 Å². The lowest BCUT2D eigenvalue weighted by atomic mass is 9.95. The van der Waals surface area contributed by atoms with E-state index in [-0.39, 0.29) is 11.8 Å². The Bertz CT molecular complexity index is 1250. The maximum absolute atomic E-state index is 12.6. The van der Waals surface area contributed by atoms with Crippen LogP contribution in [0.2, 0.25) is 0 Å². The zero-order valence-electron chi connectivity index (χ0n) is 18.3. The van der Waals surface area contributed by atoms with Crippen LogP contribution in [-0.2, 0) is 0 Å². The lowest BCUT2D eigenvalue weighted by Crippen LogP contribution is -2.17. The van der Waals surface area contributed by atoms with Gasteiger partial charge in [-0.15, -0.1) is 13.2 Å². The molecular formula is C25H23F3N2O3. The second-order valence-electron chi connectivity index (χ2n) is 7.47. The quantitative estimate of drug-likeness (QED) is 0.329. The molecule has 1 atom stereocenters. The lowest BCUT2D eigenvalue weighted by molar-refractivity contribution is -0.274. The molecule has 0 aliphatic rings. The van der Waals surface area contributed by atoms with Crippen molar-refractivity contribution in [3.05, 3.63) is 83.6 Å². The Morgan fingerprint density at radius 1 is 0.879 bits per heavy atom. The molecule has 0 amide bonds. The average molecular weight is 456 g/mol. The monoisotopic (exact) mass is 456 g/mol. The molecule has 0 fully saturated rings. The number of H-pyrrole nitrogens is 1. The van der Waals surface area contributed by atoms with Crippen LogP contribution in [-0.4, -0.2) is 25.6 Å². The van der Waals surface area contributed by atoms with Crippen molar-refractivity contribution in [2.75, 3.05) is 19.5 Å². The summed E-state index contributed by atoms with van der Waals surface area (Å²) in [5, 5.41) is 4.52. The Morgan fingerprint density at radius 2 is 1.58 bits per heavy atom. The molecule has 0 aliphatic heterocycles. The average Bonchev–Trinajstić information content (AvgIpc) is 3.12. The van der Waals surface area contributed by atoms with Crippen molar-refractivity contribution in [3.8, 4) is 17.2 Å². The van der Waals surface area contributed by atoms with Crippen LogP contribution in [0.3, 0.4) is 0 Å². The summed E-state index contributed by atoms with van der Waals surface area (Å²) < 4.78 is 52.6. The number of ether oxygens (including phenoxy) is 3. The molecule has 172 valence electrons. The topological polar surface area (TPSA) is 55.5 Å². The van der Waals surface area contributed by atoms with E-state index in [9.17, 15) is 13.2 Å². The number of hydrogen-bond donors (Lipinski definition) is 2. The fourth-order valence-electron chi connectivity index (χ4n) is 3.95. The van der Waals surface area contributed by atoms with Gasteiger partial charge in [0.25, 0.3) is 0 Å². The molecule has 3 aromatic carbocycles. The van der Waals surface area contributed by atoms with Crippen LogP contribution < -0.4 is 19.5 Å². The molecule has 0 bridgehead atoms. The molecule has 0 aliphatic carbocycles. The largest absolute Gasteiger partial charge is 0.573 e. The van der Waals surface area contributed by atoms with Crippen LogP contribution in [0, 0.1) is 6.92 Å². The summed E-state index contributed by atoms with van der Waals surface area (Å²) in [6.45, 7) is 1.97. The molecule has 1 aromatic heterocycles. The van der Waals surface area contributed by atoms with Crippen LogP contribution in [0.5, 0.6) is 17.2 Å². The van der Waals surface area contributed by atoms with Gasteiger partial charge in [0.15, 0.2) is 11.5 Å².